The first-order valence-electron chi connectivity index (χ1n) is 8.61. The molecule has 3 heterocycles. The summed E-state index contributed by atoms with van der Waals surface area (Å²) in [6, 6.07) is 4.11. The molecule has 1 atom stereocenters. The summed E-state index contributed by atoms with van der Waals surface area (Å²) >= 11 is 0. The van der Waals surface area contributed by atoms with Crippen molar-refractivity contribution in [3.05, 3.63) is 30.1 Å². The van der Waals surface area contributed by atoms with E-state index >= 15 is 0 Å². The van der Waals surface area contributed by atoms with Gasteiger partial charge in [0.1, 0.15) is 0 Å². The average Bonchev–Trinajstić information content (AvgIpc) is 2.78. The van der Waals surface area contributed by atoms with Gasteiger partial charge in [-0.15, -0.1) is 0 Å². The summed E-state index contributed by atoms with van der Waals surface area (Å²) in [5.74, 6) is 0.117. The number of ether oxygens (including phenoxy) is 1. The van der Waals surface area contributed by atoms with E-state index in [0.29, 0.717) is 6.04 Å². The molecule has 5 nitrogen and oxygen atoms in total. The zero-order valence-corrected chi connectivity index (χ0v) is 14.2. The molecule has 2 fully saturated rings. The number of aromatic nitrogens is 1. The molecule has 0 radical (unpaired) electrons. The molecule has 23 heavy (non-hydrogen) atoms. The molecular weight excluding hydrogens is 290 g/mol. The Morgan fingerprint density at radius 3 is 2.78 bits per heavy atom. The molecule has 0 aromatic carbocycles. The van der Waals surface area contributed by atoms with Crippen molar-refractivity contribution < 1.29 is 9.53 Å². The Morgan fingerprint density at radius 2 is 2.04 bits per heavy atom. The second kappa shape index (κ2) is 6.97. The fourth-order valence-corrected chi connectivity index (χ4v) is 3.77. The second-order valence-electron chi connectivity index (χ2n) is 7.18. The molecule has 2 aliphatic heterocycles. The summed E-state index contributed by atoms with van der Waals surface area (Å²) < 4.78 is 5.91. The van der Waals surface area contributed by atoms with Crippen molar-refractivity contribution in [2.75, 3.05) is 39.4 Å². The molecule has 1 aromatic rings. The molecule has 0 saturated carbocycles. The van der Waals surface area contributed by atoms with Crippen LogP contribution >= 0.6 is 0 Å². The van der Waals surface area contributed by atoms with E-state index in [9.17, 15) is 4.79 Å². The lowest BCUT2D eigenvalue weighted by Gasteiger charge is -2.44. The number of nitrogens with zero attached hydrogens (tertiary/aromatic N) is 3. The topological polar surface area (TPSA) is 45.7 Å². The van der Waals surface area contributed by atoms with Crippen molar-refractivity contribution in [3.8, 4) is 0 Å². The molecule has 0 aliphatic carbocycles. The van der Waals surface area contributed by atoms with Gasteiger partial charge in [0.15, 0.2) is 0 Å². The number of hydrogen-bond donors (Lipinski definition) is 0. The zero-order valence-electron chi connectivity index (χ0n) is 14.2. The molecule has 5 heteroatoms. The first-order chi connectivity index (χ1) is 11.1. The third-order valence-electron chi connectivity index (χ3n) is 5.08. The van der Waals surface area contributed by atoms with Gasteiger partial charge in [-0.25, -0.2) is 0 Å². The first-order valence-corrected chi connectivity index (χ1v) is 8.61. The minimum atomic E-state index is 0.0711. The molecule has 3 rings (SSSR count). The predicted molar refractivity (Wildman–Crippen MR) is 89.3 cm³/mol. The van der Waals surface area contributed by atoms with Crippen LogP contribution in [0.1, 0.15) is 37.0 Å². The average molecular weight is 317 g/mol. The van der Waals surface area contributed by atoms with E-state index in [1.807, 2.05) is 4.90 Å². The van der Waals surface area contributed by atoms with E-state index in [1.165, 1.54) is 0 Å². The highest BCUT2D eigenvalue weighted by atomic mass is 16.5. The van der Waals surface area contributed by atoms with Gasteiger partial charge in [0.2, 0.25) is 0 Å². The van der Waals surface area contributed by atoms with Crippen LogP contribution in [0.4, 0.5) is 0 Å². The Kier molecular flexibility index (Phi) is 4.97. The largest absolute Gasteiger partial charge is 0.379 e. The highest BCUT2D eigenvalue weighted by molar-refractivity contribution is 5.94. The summed E-state index contributed by atoms with van der Waals surface area (Å²) in [4.78, 5) is 21.3. The quantitative estimate of drug-likeness (QED) is 0.837. The van der Waals surface area contributed by atoms with Crippen molar-refractivity contribution in [1.29, 1.82) is 0 Å². The van der Waals surface area contributed by atoms with E-state index in [0.717, 1.165) is 57.8 Å². The number of hydrogen-bond acceptors (Lipinski definition) is 4. The summed E-state index contributed by atoms with van der Waals surface area (Å²) in [5, 5.41) is 0. The van der Waals surface area contributed by atoms with Gasteiger partial charge in [0, 0.05) is 55.6 Å². The number of carbonyl (C=O) groups is 1. The lowest BCUT2D eigenvalue weighted by Crippen LogP contribution is -2.53. The van der Waals surface area contributed by atoms with Gasteiger partial charge in [-0.05, 0) is 38.8 Å². The Balaban J connectivity index is 1.75. The summed E-state index contributed by atoms with van der Waals surface area (Å²) in [6.45, 7) is 9.66. The van der Waals surface area contributed by atoms with Gasteiger partial charge in [-0.2, -0.15) is 0 Å². The molecule has 0 unspecified atom stereocenters. The van der Waals surface area contributed by atoms with Gasteiger partial charge in [-0.3, -0.25) is 14.7 Å². The van der Waals surface area contributed by atoms with E-state index < -0.39 is 0 Å². The maximum atomic E-state index is 12.8. The molecule has 2 aliphatic rings. The van der Waals surface area contributed by atoms with Crippen molar-refractivity contribution in [3.63, 3.8) is 0 Å². The van der Waals surface area contributed by atoms with E-state index in [1.54, 1.807) is 24.5 Å². The van der Waals surface area contributed by atoms with Crippen LogP contribution in [0.2, 0.25) is 0 Å². The minimum Gasteiger partial charge on any atom is -0.379 e. The summed E-state index contributed by atoms with van der Waals surface area (Å²) in [6.07, 6.45) is 5.55. The molecule has 2 saturated heterocycles. The van der Waals surface area contributed by atoms with Gasteiger partial charge < -0.3 is 9.64 Å². The van der Waals surface area contributed by atoms with Crippen LogP contribution in [-0.2, 0) is 4.74 Å². The second-order valence-corrected chi connectivity index (χ2v) is 7.18. The zero-order chi connectivity index (χ0) is 16.3. The van der Waals surface area contributed by atoms with Gasteiger partial charge in [0.25, 0.3) is 5.91 Å². The monoisotopic (exact) mass is 317 g/mol. The standard InChI is InChI=1S/C18H27N3O2/c1-15(2)20-10-11-23-14-18(12-20)6-3-9-21(13-18)17(22)16-4-7-19-8-5-16/h4-5,7-8,15H,3,6,9-14H2,1-2H3/t18-/m0/s1. The number of rotatable bonds is 2. The minimum absolute atomic E-state index is 0.0711. The van der Waals surface area contributed by atoms with E-state index in [2.05, 4.69) is 23.7 Å². The van der Waals surface area contributed by atoms with Gasteiger partial charge in [0.05, 0.1) is 13.2 Å². The summed E-state index contributed by atoms with van der Waals surface area (Å²) in [7, 11) is 0. The Morgan fingerprint density at radius 1 is 1.26 bits per heavy atom. The van der Waals surface area contributed by atoms with Crippen molar-refractivity contribution in [2.45, 2.75) is 32.7 Å². The highest BCUT2D eigenvalue weighted by Crippen LogP contribution is 2.34. The molecule has 126 valence electrons. The normalized spacial score (nSPS) is 26.5. The smallest absolute Gasteiger partial charge is 0.253 e. The van der Waals surface area contributed by atoms with Crippen LogP contribution in [0.25, 0.3) is 0 Å². The van der Waals surface area contributed by atoms with Gasteiger partial charge in [-0.1, -0.05) is 0 Å². The Bertz CT molecular complexity index is 534. The van der Waals surface area contributed by atoms with Crippen LogP contribution in [-0.4, -0.2) is 66.1 Å². The maximum absolute atomic E-state index is 12.8. The first kappa shape index (κ1) is 16.4. The third-order valence-corrected chi connectivity index (χ3v) is 5.08. The SMILES string of the molecule is CC(C)N1CCOC[C@@]2(CCCN(C(=O)c3ccncc3)C2)C1. The maximum Gasteiger partial charge on any atom is 0.253 e. The summed E-state index contributed by atoms with van der Waals surface area (Å²) in [5.41, 5.74) is 0.800. The lowest BCUT2D eigenvalue weighted by molar-refractivity contribution is 0.00572. The van der Waals surface area contributed by atoms with E-state index in [-0.39, 0.29) is 11.3 Å². The Labute approximate surface area is 138 Å². The highest BCUT2D eigenvalue weighted by Gasteiger charge is 2.40. The number of likely N-dealkylation sites (tertiary alicyclic amines) is 1. The number of piperidine rings is 1. The Hall–Kier alpha value is -1.46. The van der Waals surface area contributed by atoms with Crippen LogP contribution in [0.15, 0.2) is 24.5 Å². The molecule has 1 spiro atoms. The van der Waals surface area contributed by atoms with Crippen molar-refractivity contribution >= 4 is 5.91 Å². The van der Waals surface area contributed by atoms with Crippen molar-refractivity contribution in [1.82, 2.24) is 14.8 Å². The predicted octanol–water partition coefficient (Wildman–Crippen LogP) is 2.04. The number of amides is 1. The molecular formula is C18H27N3O2. The van der Waals surface area contributed by atoms with Crippen LogP contribution in [0.3, 0.4) is 0 Å². The van der Waals surface area contributed by atoms with Crippen LogP contribution < -0.4 is 0 Å². The van der Waals surface area contributed by atoms with Crippen LogP contribution in [0.5, 0.6) is 0 Å². The van der Waals surface area contributed by atoms with E-state index in [4.69, 9.17) is 4.74 Å². The van der Waals surface area contributed by atoms with Gasteiger partial charge >= 0.3 is 0 Å². The fourth-order valence-electron chi connectivity index (χ4n) is 3.77. The molecule has 1 amide bonds. The molecule has 1 aromatic heterocycles. The lowest BCUT2D eigenvalue weighted by atomic mass is 9.79. The third kappa shape index (κ3) is 3.72. The number of pyridine rings is 1. The number of carbonyl (C=O) groups excluding carboxylic acids is 1. The molecule has 0 bridgehead atoms. The van der Waals surface area contributed by atoms with Crippen LogP contribution in [0, 0.1) is 5.41 Å². The fraction of sp³-hybridized carbons (Fsp3) is 0.667. The molecule has 0 N–H and O–H groups in total. The van der Waals surface area contributed by atoms with Crippen molar-refractivity contribution in [2.24, 2.45) is 5.41 Å².